The van der Waals surface area contributed by atoms with Crippen molar-refractivity contribution in [2.45, 2.75) is 20.4 Å². The van der Waals surface area contributed by atoms with Crippen molar-refractivity contribution in [2.24, 2.45) is 0 Å². The van der Waals surface area contributed by atoms with Crippen LogP contribution in [0.2, 0.25) is 5.02 Å². The summed E-state index contributed by atoms with van der Waals surface area (Å²) in [6, 6.07) is 10.2. The van der Waals surface area contributed by atoms with Crippen LogP contribution in [0.1, 0.15) is 17.0 Å². The molecule has 0 amide bonds. The minimum Gasteiger partial charge on any atom is -0.264 e. The van der Waals surface area contributed by atoms with E-state index < -0.39 is 0 Å². The number of hydrogen-bond donors (Lipinski definition) is 0. The number of halogens is 1. The average molecular weight is 395 g/mol. The molecule has 0 spiro atoms. The average Bonchev–Trinajstić information content (AvgIpc) is 3.36. The third kappa shape index (κ3) is 2.70. The van der Waals surface area contributed by atoms with Gasteiger partial charge in [0.25, 0.3) is 0 Å². The van der Waals surface area contributed by atoms with Crippen molar-refractivity contribution in [3.8, 4) is 11.4 Å². The van der Waals surface area contributed by atoms with Gasteiger partial charge < -0.3 is 0 Å². The Morgan fingerprint density at radius 2 is 2.04 bits per heavy atom. The lowest BCUT2D eigenvalue weighted by Gasteiger charge is -2.06. The Balaban J connectivity index is 1.55. The Morgan fingerprint density at radius 1 is 1.15 bits per heavy atom. The van der Waals surface area contributed by atoms with Gasteiger partial charge in [-0.2, -0.15) is 5.10 Å². The first kappa shape index (κ1) is 16.4. The minimum atomic E-state index is 0.650. The molecule has 0 radical (unpaired) electrons. The topological polar surface area (TPSA) is 60.9 Å². The van der Waals surface area contributed by atoms with E-state index in [2.05, 4.69) is 27.3 Å². The quantitative estimate of drug-likeness (QED) is 0.451. The molecular weight excluding hydrogens is 380 g/mol. The highest BCUT2D eigenvalue weighted by Gasteiger charge is 2.13. The zero-order valence-corrected chi connectivity index (χ0v) is 16.3. The SMILES string of the molecule is Cc1nn(Cc2cccc(-c3nc4c5ccsc5ncn4n3)c2)c(C)c1Cl. The summed E-state index contributed by atoms with van der Waals surface area (Å²) in [7, 11) is 0. The van der Waals surface area contributed by atoms with Gasteiger partial charge in [-0.25, -0.2) is 14.5 Å². The van der Waals surface area contributed by atoms with Crippen molar-refractivity contribution in [3.63, 3.8) is 0 Å². The summed E-state index contributed by atoms with van der Waals surface area (Å²) in [6.07, 6.45) is 1.71. The molecular formula is C19H15ClN6S. The van der Waals surface area contributed by atoms with Crippen LogP contribution in [0.5, 0.6) is 0 Å². The first-order valence-corrected chi connectivity index (χ1v) is 9.73. The predicted molar refractivity (Wildman–Crippen MR) is 107 cm³/mol. The fraction of sp³-hybridized carbons (Fsp3) is 0.158. The number of benzene rings is 1. The van der Waals surface area contributed by atoms with Gasteiger partial charge in [-0.15, -0.1) is 16.4 Å². The molecule has 0 N–H and O–H groups in total. The van der Waals surface area contributed by atoms with E-state index in [9.17, 15) is 0 Å². The smallest absolute Gasteiger partial charge is 0.182 e. The highest BCUT2D eigenvalue weighted by molar-refractivity contribution is 7.16. The molecule has 0 saturated heterocycles. The van der Waals surface area contributed by atoms with Gasteiger partial charge in [0.15, 0.2) is 11.5 Å². The van der Waals surface area contributed by atoms with Crippen LogP contribution in [-0.2, 0) is 6.54 Å². The van der Waals surface area contributed by atoms with Gasteiger partial charge in [-0.3, -0.25) is 4.68 Å². The molecule has 4 aromatic heterocycles. The van der Waals surface area contributed by atoms with Gasteiger partial charge >= 0.3 is 0 Å². The molecule has 0 bridgehead atoms. The summed E-state index contributed by atoms with van der Waals surface area (Å²) < 4.78 is 3.66. The molecule has 6 nitrogen and oxygen atoms in total. The fourth-order valence-electron chi connectivity index (χ4n) is 3.20. The van der Waals surface area contributed by atoms with E-state index in [1.807, 2.05) is 42.1 Å². The molecule has 134 valence electrons. The first-order valence-electron chi connectivity index (χ1n) is 8.47. The van der Waals surface area contributed by atoms with E-state index in [-0.39, 0.29) is 0 Å². The fourth-order valence-corrected chi connectivity index (χ4v) is 4.06. The van der Waals surface area contributed by atoms with Crippen molar-refractivity contribution >= 4 is 38.8 Å². The molecule has 0 unspecified atom stereocenters. The summed E-state index contributed by atoms with van der Waals surface area (Å²) in [5, 5.41) is 12.9. The number of rotatable bonds is 3. The van der Waals surface area contributed by atoms with Gasteiger partial charge in [0.2, 0.25) is 0 Å². The van der Waals surface area contributed by atoms with Crippen LogP contribution in [0.15, 0.2) is 42.0 Å². The third-order valence-corrected chi connectivity index (χ3v) is 5.98. The Hall–Kier alpha value is -2.77. The zero-order chi connectivity index (χ0) is 18.5. The van der Waals surface area contributed by atoms with Crippen LogP contribution in [0.25, 0.3) is 27.3 Å². The molecule has 0 aliphatic heterocycles. The second kappa shape index (κ2) is 6.14. The summed E-state index contributed by atoms with van der Waals surface area (Å²) in [6.45, 7) is 4.55. The van der Waals surface area contributed by atoms with Crippen molar-refractivity contribution < 1.29 is 0 Å². The molecule has 27 heavy (non-hydrogen) atoms. The van der Waals surface area contributed by atoms with E-state index in [4.69, 9.17) is 16.6 Å². The lowest BCUT2D eigenvalue weighted by Crippen LogP contribution is -2.04. The highest BCUT2D eigenvalue weighted by atomic mass is 35.5. The second-order valence-corrected chi connectivity index (χ2v) is 7.70. The number of aromatic nitrogens is 6. The van der Waals surface area contributed by atoms with Crippen molar-refractivity contribution in [2.75, 3.05) is 0 Å². The normalized spacial score (nSPS) is 11.7. The first-order chi connectivity index (χ1) is 13.1. The molecule has 0 saturated carbocycles. The Morgan fingerprint density at radius 3 is 2.85 bits per heavy atom. The number of hydrogen-bond acceptors (Lipinski definition) is 5. The molecule has 5 rings (SSSR count). The number of fused-ring (bicyclic) bond motifs is 3. The monoisotopic (exact) mass is 394 g/mol. The summed E-state index contributed by atoms with van der Waals surface area (Å²) in [4.78, 5) is 10.1. The van der Waals surface area contributed by atoms with Gasteiger partial charge in [0.1, 0.15) is 11.2 Å². The van der Waals surface area contributed by atoms with Crippen LogP contribution < -0.4 is 0 Å². The van der Waals surface area contributed by atoms with E-state index >= 15 is 0 Å². The molecule has 5 aromatic rings. The van der Waals surface area contributed by atoms with Gasteiger partial charge in [-0.05, 0) is 36.9 Å². The number of nitrogens with zero attached hydrogens (tertiary/aromatic N) is 6. The lowest BCUT2D eigenvalue weighted by atomic mass is 10.1. The summed E-state index contributed by atoms with van der Waals surface area (Å²) in [5.41, 5.74) is 4.72. The lowest BCUT2D eigenvalue weighted by molar-refractivity contribution is 0.659. The molecule has 0 fully saturated rings. The summed E-state index contributed by atoms with van der Waals surface area (Å²) >= 11 is 7.87. The van der Waals surface area contributed by atoms with E-state index in [0.29, 0.717) is 12.4 Å². The Bertz CT molecular complexity index is 1300. The minimum absolute atomic E-state index is 0.650. The molecule has 0 atom stereocenters. The maximum atomic E-state index is 6.26. The van der Waals surface area contributed by atoms with Crippen LogP contribution in [0, 0.1) is 13.8 Å². The van der Waals surface area contributed by atoms with Gasteiger partial charge in [0.05, 0.1) is 28.3 Å². The second-order valence-electron chi connectivity index (χ2n) is 6.43. The van der Waals surface area contributed by atoms with E-state index in [1.54, 1.807) is 22.2 Å². The van der Waals surface area contributed by atoms with Crippen molar-refractivity contribution in [1.82, 2.24) is 29.4 Å². The number of aryl methyl sites for hydroxylation is 1. The molecule has 4 heterocycles. The molecule has 1 aromatic carbocycles. The molecule has 8 heteroatoms. The predicted octanol–water partition coefficient (Wildman–Crippen LogP) is 4.52. The van der Waals surface area contributed by atoms with Gasteiger partial charge in [-0.1, -0.05) is 29.8 Å². The van der Waals surface area contributed by atoms with Gasteiger partial charge in [0, 0.05) is 5.56 Å². The van der Waals surface area contributed by atoms with E-state index in [1.165, 1.54) is 0 Å². The van der Waals surface area contributed by atoms with Crippen LogP contribution in [0.3, 0.4) is 0 Å². The Kier molecular flexibility index (Phi) is 3.73. The van der Waals surface area contributed by atoms with Crippen LogP contribution in [0.4, 0.5) is 0 Å². The van der Waals surface area contributed by atoms with E-state index in [0.717, 1.165) is 43.4 Å². The zero-order valence-electron chi connectivity index (χ0n) is 14.7. The largest absolute Gasteiger partial charge is 0.264 e. The highest BCUT2D eigenvalue weighted by Crippen LogP contribution is 2.25. The van der Waals surface area contributed by atoms with Crippen LogP contribution >= 0.6 is 22.9 Å². The maximum absolute atomic E-state index is 6.26. The number of thiophene rings is 1. The van der Waals surface area contributed by atoms with Crippen molar-refractivity contribution in [3.05, 3.63) is 64.0 Å². The van der Waals surface area contributed by atoms with Crippen molar-refractivity contribution in [1.29, 1.82) is 0 Å². The third-order valence-electron chi connectivity index (χ3n) is 4.61. The van der Waals surface area contributed by atoms with Crippen LogP contribution in [-0.4, -0.2) is 29.4 Å². The standard InChI is InChI=1S/C19H15ClN6S/c1-11-16(20)12(2)25(23-11)9-13-4-3-5-14(8-13)17-22-18-15-6-7-27-19(15)21-10-26(18)24-17/h3-8,10H,9H2,1-2H3. The molecule has 0 aliphatic rings. The maximum Gasteiger partial charge on any atom is 0.182 e. The summed E-state index contributed by atoms with van der Waals surface area (Å²) in [5.74, 6) is 0.684. The Labute approximate surface area is 164 Å². The molecule has 0 aliphatic carbocycles.